The van der Waals surface area contributed by atoms with Crippen LogP contribution < -0.4 is 25.3 Å². The van der Waals surface area contributed by atoms with Crippen molar-refractivity contribution >= 4 is 28.2 Å². The topological polar surface area (TPSA) is 143 Å². The molecule has 0 radical (unpaired) electrons. The Morgan fingerprint density at radius 2 is 1.76 bits per heavy atom. The fraction of sp³-hybridized carbons (Fsp3) is 0.269. The molecular formula is C26H28N6O5S. The summed E-state index contributed by atoms with van der Waals surface area (Å²) in [4.78, 5) is 34.6. The normalized spacial score (nSPS) is 11.8. The number of carbonyl (C=O) groups excluding carboxylic acids is 2. The van der Waals surface area contributed by atoms with Gasteiger partial charge in [0.25, 0.3) is 0 Å². The SMILES string of the molecule is COc1cc(C(=O)c2ccc(-c3csc(NC(=O)[C@H](N)C(C)C)n3)cc2-n2cncn2)cc(OC)c1OC. The van der Waals surface area contributed by atoms with Crippen LogP contribution in [0.15, 0.2) is 48.4 Å². The van der Waals surface area contributed by atoms with Gasteiger partial charge in [0.05, 0.1) is 38.8 Å². The van der Waals surface area contributed by atoms with Crippen molar-refractivity contribution in [3.8, 4) is 34.2 Å². The summed E-state index contributed by atoms with van der Waals surface area (Å²) < 4.78 is 17.7. The number of ketones is 1. The first kappa shape index (κ1) is 26.8. The molecule has 0 spiro atoms. The van der Waals surface area contributed by atoms with Crippen molar-refractivity contribution in [2.24, 2.45) is 11.7 Å². The van der Waals surface area contributed by atoms with Crippen molar-refractivity contribution in [2.45, 2.75) is 19.9 Å². The van der Waals surface area contributed by atoms with E-state index in [2.05, 4.69) is 20.4 Å². The Morgan fingerprint density at radius 1 is 1.05 bits per heavy atom. The van der Waals surface area contributed by atoms with Crippen molar-refractivity contribution in [1.29, 1.82) is 0 Å². The molecule has 1 atom stereocenters. The number of hydrogen-bond donors (Lipinski definition) is 2. The third kappa shape index (κ3) is 5.36. The van der Waals surface area contributed by atoms with E-state index in [1.807, 2.05) is 19.2 Å². The fourth-order valence-electron chi connectivity index (χ4n) is 3.73. The van der Waals surface area contributed by atoms with Crippen molar-refractivity contribution in [1.82, 2.24) is 19.7 Å². The highest BCUT2D eigenvalue weighted by Gasteiger charge is 2.22. The van der Waals surface area contributed by atoms with Gasteiger partial charge in [-0.15, -0.1) is 11.3 Å². The summed E-state index contributed by atoms with van der Waals surface area (Å²) in [6.45, 7) is 3.76. The second-order valence-electron chi connectivity index (χ2n) is 8.61. The Balaban J connectivity index is 1.72. The molecule has 0 unspecified atom stereocenters. The van der Waals surface area contributed by atoms with E-state index in [1.54, 1.807) is 30.3 Å². The Hall–Kier alpha value is -4.29. The lowest BCUT2D eigenvalue weighted by molar-refractivity contribution is -0.118. The van der Waals surface area contributed by atoms with Gasteiger partial charge in [-0.05, 0) is 30.2 Å². The van der Waals surface area contributed by atoms with E-state index < -0.39 is 6.04 Å². The number of rotatable bonds is 10. The van der Waals surface area contributed by atoms with Gasteiger partial charge in [0.15, 0.2) is 22.4 Å². The van der Waals surface area contributed by atoms with Crippen LogP contribution in [0, 0.1) is 5.92 Å². The molecule has 11 nitrogen and oxygen atoms in total. The first-order chi connectivity index (χ1) is 18.3. The molecule has 12 heteroatoms. The first-order valence-corrected chi connectivity index (χ1v) is 12.5. The van der Waals surface area contributed by atoms with Crippen LogP contribution in [0.1, 0.15) is 29.8 Å². The third-order valence-corrected chi connectivity index (χ3v) is 6.64. The average molecular weight is 537 g/mol. The Bertz CT molecular complexity index is 1430. The predicted molar refractivity (Wildman–Crippen MR) is 143 cm³/mol. The van der Waals surface area contributed by atoms with Crippen LogP contribution in [-0.2, 0) is 4.79 Å². The van der Waals surface area contributed by atoms with Gasteiger partial charge in [-0.2, -0.15) is 5.10 Å². The lowest BCUT2D eigenvalue weighted by atomic mass is 9.98. The molecule has 4 rings (SSSR count). The Morgan fingerprint density at radius 3 is 2.34 bits per heavy atom. The van der Waals surface area contributed by atoms with Crippen LogP contribution in [0.5, 0.6) is 17.2 Å². The number of anilines is 1. The molecule has 0 saturated carbocycles. The summed E-state index contributed by atoms with van der Waals surface area (Å²) in [5, 5.41) is 9.24. The number of aromatic nitrogens is 4. The summed E-state index contributed by atoms with van der Waals surface area (Å²) in [5.74, 6) is 0.534. The minimum atomic E-state index is -0.637. The van der Waals surface area contributed by atoms with Crippen LogP contribution in [0.3, 0.4) is 0 Å². The molecule has 4 aromatic rings. The monoisotopic (exact) mass is 536 g/mol. The number of ether oxygens (including phenoxy) is 3. The van der Waals surface area contributed by atoms with Gasteiger partial charge < -0.3 is 25.3 Å². The van der Waals surface area contributed by atoms with Crippen LogP contribution in [0.25, 0.3) is 16.9 Å². The van der Waals surface area contributed by atoms with E-state index in [-0.39, 0.29) is 17.6 Å². The third-order valence-electron chi connectivity index (χ3n) is 5.89. The quantitative estimate of drug-likeness (QED) is 0.291. The van der Waals surface area contributed by atoms with E-state index >= 15 is 0 Å². The van der Waals surface area contributed by atoms with Gasteiger partial charge >= 0.3 is 0 Å². The molecule has 2 heterocycles. The number of methoxy groups -OCH3 is 3. The van der Waals surface area contributed by atoms with Gasteiger partial charge in [-0.1, -0.05) is 19.9 Å². The zero-order valence-electron chi connectivity index (χ0n) is 21.6. The number of nitrogens with zero attached hydrogens (tertiary/aromatic N) is 4. The number of thiazole rings is 1. The summed E-state index contributed by atoms with van der Waals surface area (Å²) in [7, 11) is 4.47. The van der Waals surface area contributed by atoms with Crippen molar-refractivity contribution in [3.05, 3.63) is 59.5 Å². The molecule has 2 aromatic heterocycles. The molecule has 0 saturated heterocycles. The smallest absolute Gasteiger partial charge is 0.243 e. The van der Waals surface area contributed by atoms with E-state index in [4.69, 9.17) is 19.9 Å². The second kappa shape index (κ2) is 11.4. The molecular weight excluding hydrogens is 508 g/mol. The Labute approximate surface area is 223 Å². The first-order valence-electron chi connectivity index (χ1n) is 11.6. The van der Waals surface area contributed by atoms with Gasteiger partial charge in [0.1, 0.15) is 12.7 Å². The number of benzene rings is 2. The summed E-state index contributed by atoms with van der Waals surface area (Å²) in [6, 6.07) is 7.83. The lowest BCUT2D eigenvalue weighted by Gasteiger charge is -2.15. The molecule has 0 bridgehead atoms. The standard InChI is InChI=1S/C26H28N6O5S/c1-14(2)22(27)25(34)31-26-30-18(11-38-26)15-6-7-17(19(8-15)32-13-28-12-29-32)23(33)16-9-20(35-3)24(37-5)21(10-16)36-4/h6-14,22H,27H2,1-5H3,(H,30,31,34)/t22-/m1/s1. The maximum Gasteiger partial charge on any atom is 0.243 e. The fourth-order valence-corrected chi connectivity index (χ4v) is 4.45. The highest BCUT2D eigenvalue weighted by molar-refractivity contribution is 7.14. The number of nitrogens with two attached hydrogens (primary N) is 1. The van der Waals surface area contributed by atoms with Gasteiger partial charge in [-0.25, -0.2) is 14.6 Å². The van der Waals surface area contributed by atoms with Crippen molar-refractivity contribution < 1.29 is 23.8 Å². The summed E-state index contributed by atoms with van der Waals surface area (Å²) >= 11 is 1.28. The van der Waals surface area contributed by atoms with Crippen LogP contribution in [0.2, 0.25) is 0 Å². The zero-order chi connectivity index (χ0) is 27.4. The average Bonchev–Trinajstić information content (AvgIpc) is 3.63. The Kier molecular flexibility index (Phi) is 8.03. The molecule has 0 aliphatic rings. The molecule has 3 N–H and O–H groups in total. The van der Waals surface area contributed by atoms with Gasteiger partial charge in [-0.3, -0.25) is 9.59 Å². The second-order valence-corrected chi connectivity index (χ2v) is 9.47. The highest BCUT2D eigenvalue weighted by atomic mass is 32.1. The number of amides is 1. The minimum Gasteiger partial charge on any atom is -0.493 e. The lowest BCUT2D eigenvalue weighted by Crippen LogP contribution is -2.39. The van der Waals surface area contributed by atoms with E-state index in [0.29, 0.717) is 44.9 Å². The number of carbonyl (C=O) groups is 2. The number of hydrogen-bond acceptors (Lipinski definition) is 10. The van der Waals surface area contributed by atoms with E-state index in [9.17, 15) is 9.59 Å². The van der Waals surface area contributed by atoms with Crippen LogP contribution >= 0.6 is 11.3 Å². The zero-order valence-corrected chi connectivity index (χ0v) is 22.4. The largest absolute Gasteiger partial charge is 0.493 e. The summed E-state index contributed by atoms with van der Waals surface area (Å²) in [6.07, 6.45) is 2.89. The maximum absolute atomic E-state index is 13.7. The molecule has 0 aliphatic heterocycles. The van der Waals surface area contributed by atoms with Gasteiger partial charge in [0.2, 0.25) is 11.7 Å². The van der Waals surface area contributed by atoms with Crippen molar-refractivity contribution in [2.75, 3.05) is 26.6 Å². The number of nitrogens with one attached hydrogen (secondary N) is 1. The van der Waals surface area contributed by atoms with Crippen LogP contribution in [0.4, 0.5) is 5.13 Å². The molecule has 38 heavy (non-hydrogen) atoms. The van der Waals surface area contributed by atoms with Gasteiger partial charge in [0, 0.05) is 22.1 Å². The molecule has 1 amide bonds. The summed E-state index contributed by atoms with van der Waals surface area (Å²) in [5.41, 5.74) is 8.50. The van der Waals surface area contributed by atoms with E-state index in [1.165, 1.54) is 50.0 Å². The molecule has 0 aliphatic carbocycles. The maximum atomic E-state index is 13.7. The molecule has 0 fully saturated rings. The van der Waals surface area contributed by atoms with Crippen molar-refractivity contribution in [3.63, 3.8) is 0 Å². The highest BCUT2D eigenvalue weighted by Crippen LogP contribution is 2.39. The minimum absolute atomic E-state index is 0.00427. The van der Waals surface area contributed by atoms with E-state index in [0.717, 1.165) is 5.56 Å². The molecule has 198 valence electrons. The predicted octanol–water partition coefficient (Wildman–Crippen LogP) is 3.57. The van der Waals surface area contributed by atoms with Crippen LogP contribution in [-0.4, -0.2) is 58.8 Å². The molecule has 2 aromatic carbocycles.